The maximum absolute atomic E-state index is 12.2. The molecule has 2 aromatic heterocycles. The van der Waals surface area contributed by atoms with Crippen molar-refractivity contribution in [3.05, 3.63) is 49.8 Å². The normalized spacial score (nSPS) is 19.1. The van der Waals surface area contributed by atoms with E-state index in [-0.39, 0.29) is 17.3 Å². The van der Waals surface area contributed by atoms with Crippen LogP contribution < -0.4 is 21.5 Å². The number of pyridine rings is 1. The lowest BCUT2D eigenvalue weighted by molar-refractivity contribution is 0.310. The molecule has 0 bridgehead atoms. The van der Waals surface area contributed by atoms with E-state index in [9.17, 15) is 14.9 Å². The van der Waals surface area contributed by atoms with Crippen LogP contribution in [-0.2, 0) is 27.1 Å². The summed E-state index contributed by atoms with van der Waals surface area (Å²) in [4.78, 5) is 33.3. The van der Waals surface area contributed by atoms with Gasteiger partial charge in [0.1, 0.15) is 17.7 Å². The van der Waals surface area contributed by atoms with Crippen LogP contribution in [0.4, 0.5) is 11.6 Å². The molecule has 1 fully saturated rings. The van der Waals surface area contributed by atoms with Crippen LogP contribution in [0, 0.1) is 11.3 Å². The number of hydrogen-bond donors (Lipinski definition) is 1. The van der Waals surface area contributed by atoms with Crippen molar-refractivity contribution in [2.24, 2.45) is 14.1 Å². The molecule has 1 saturated heterocycles. The molecular formula is C20H25N7O2. The summed E-state index contributed by atoms with van der Waals surface area (Å²) < 4.78 is 2.60. The minimum Gasteiger partial charge on any atom is -0.364 e. The fourth-order valence-electron chi connectivity index (χ4n) is 4.11. The predicted octanol–water partition coefficient (Wildman–Crippen LogP) is 0.0294. The maximum atomic E-state index is 12.2. The molecule has 0 saturated carbocycles. The molecule has 152 valence electrons. The van der Waals surface area contributed by atoms with Crippen LogP contribution in [0.2, 0.25) is 0 Å². The van der Waals surface area contributed by atoms with Crippen LogP contribution in [0.5, 0.6) is 0 Å². The van der Waals surface area contributed by atoms with Crippen LogP contribution in [0.25, 0.3) is 0 Å². The van der Waals surface area contributed by atoms with Crippen LogP contribution in [0.1, 0.15) is 23.2 Å². The van der Waals surface area contributed by atoms with Gasteiger partial charge in [-0.05, 0) is 25.1 Å². The summed E-state index contributed by atoms with van der Waals surface area (Å²) >= 11 is 0. The molecule has 29 heavy (non-hydrogen) atoms. The zero-order valence-corrected chi connectivity index (χ0v) is 17.0. The van der Waals surface area contributed by atoms with Crippen molar-refractivity contribution in [1.82, 2.24) is 19.0 Å². The van der Waals surface area contributed by atoms with Crippen LogP contribution in [-0.4, -0.2) is 51.7 Å². The molecule has 0 aliphatic carbocycles. The van der Waals surface area contributed by atoms with Gasteiger partial charge in [0.25, 0.3) is 5.56 Å². The Morgan fingerprint density at radius 2 is 1.97 bits per heavy atom. The smallest absolute Gasteiger partial charge is 0.332 e. The van der Waals surface area contributed by atoms with Gasteiger partial charge < -0.3 is 15.1 Å². The third kappa shape index (κ3) is 3.51. The molecule has 2 aromatic rings. The van der Waals surface area contributed by atoms with E-state index in [4.69, 9.17) is 4.98 Å². The molecule has 0 amide bonds. The number of likely N-dealkylation sites (N-methyl/N-ethyl adjacent to an activating group) is 1. The average Bonchev–Trinajstić information content (AvgIpc) is 3.17. The Bertz CT molecular complexity index is 1110. The summed E-state index contributed by atoms with van der Waals surface area (Å²) in [6.45, 7) is 3.12. The van der Waals surface area contributed by atoms with Crippen LogP contribution >= 0.6 is 0 Å². The monoisotopic (exact) mass is 395 g/mol. The maximum Gasteiger partial charge on any atom is 0.332 e. The zero-order chi connectivity index (χ0) is 20.7. The fraction of sp³-hybridized carbons (Fsp3) is 0.500. The van der Waals surface area contributed by atoms with Gasteiger partial charge in [0, 0.05) is 64.5 Å². The van der Waals surface area contributed by atoms with Gasteiger partial charge in [0.05, 0.1) is 5.56 Å². The molecule has 0 radical (unpaired) electrons. The second kappa shape index (κ2) is 7.37. The van der Waals surface area contributed by atoms with Gasteiger partial charge in [0.2, 0.25) is 0 Å². The standard InChI is InChI=1S/C20H25N7O2/c1-24-6-5-16-14(11-24)8-13(10-21)19(23-16)22-15-4-7-27(12-15)17-9-18(28)26(3)20(29)25(17)2/h8-9,15H,4-7,11-12H2,1-3H3,(H,22,23)/t15-/m1/s1. The van der Waals surface area contributed by atoms with E-state index >= 15 is 0 Å². The van der Waals surface area contributed by atoms with Crippen molar-refractivity contribution in [1.29, 1.82) is 5.26 Å². The van der Waals surface area contributed by atoms with Gasteiger partial charge in [-0.25, -0.2) is 9.78 Å². The van der Waals surface area contributed by atoms with E-state index < -0.39 is 0 Å². The highest BCUT2D eigenvalue weighted by Crippen LogP contribution is 2.25. The van der Waals surface area contributed by atoms with Gasteiger partial charge in [-0.15, -0.1) is 0 Å². The second-order valence-electron chi connectivity index (χ2n) is 7.91. The third-order valence-corrected chi connectivity index (χ3v) is 5.84. The Morgan fingerprint density at radius 1 is 1.17 bits per heavy atom. The van der Waals surface area contributed by atoms with Crippen LogP contribution in [0.3, 0.4) is 0 Å². The van der Waals surface area contributed by atoms with Gasteiger partial charge >= 0.3 is 5.69 Å². The van der Waals surface area contributed by atoms with E-state index in [2.05, 4.69) is 23.3 Å². The molecule has 1 atom stereocenters. The minimum absolute atomic E-state index is 0.0816. The van der Waals surface area contributed by atoms with Crippen molar-refractivity contribution >= 4 is 11.6 Å². The number of nitrogens with zero attached hydrogens (tertiary/aromatic N) is 6. The van der Waals surface area contributed by atoms with Gasteiger partial charge in [-0.2, -0.15) is 5.26 Å². The molecular weight excluding hydrogens is 370 g/mol. The van der Waals surface area contributed by atoms with E-state index in [1.165, 1.54) is 17.7 Å². The summed E-state index contributed by atoms with van der Waals surface area (Å²) in [5.41, 5.74) is 2.07. The van der Waals surface area contributed by atoms with E-state index in [0.717, 1.165) is 48.3 Å². The minimum atomic E-state index is -0.336. The van der Waals surface area contributed by atoms with Gasteiger partial charge in [-0.1, -0.05) is 0 Å². The molecule has 0 aromatic carbocycles. The second-order valence-corrected chi connectivity index (χ2v) is 7.91. The Labute approximate surface area is 168 Å². The van der Waals surface area contributed by atoms with Crippen molar-refractivity contribution in [2.45, 2.75) is 25.4 Å². The molecule has 2 aliphatic heterocycles. The summed E-state index contributed by atoms with van der Waals surface area (Å²) in [6, 6.07) is 5.78. The fourth-order valence-corrected chi connectivity index (χ4v) is 4.11. The predicted molar refractivity (Wildman–Crippen MR) is 110 cm³/mol. The molecule has 1 N–H and O–H groups in total. The van der Waals surface area contributed by atoms with Gasteiger partial charge in [-0.3, -0.25) is 13.9 Å². The largest absolute Gasteiger partial charge is 0.364 e. The highest BCUT2D eigenvalue weighted by atomic mass is 16.2. The number of rotatable bonds is 3. The van der Waals surface area contributed by atoms with Crippen molar-refractivity contribution < 1.29 is 0 Å². The molecule has 4 heterocycles. The molecule has 2 aliphatic rings. The lowest BCUT2D eigenvalue weighted by atomic mass is 10.0. The van der Waals surface area contributed by atoms with Gasteiger partial charge in [0.15, 0.2) is 0 Å². The number of hydrogen-bond acceptors (Lipinski definition) is 7. The number of nitrogens with one attached hydrogen (secondary N) is 1. The molecule has 9 heteroatoms. The number of nitriles is 1. The molecule has 0 spiro atoms. The highest BCUT2D eigenvalue weighted by molar-refractivity contribution is 5.56. The first-order valence-electron chi connectivity index (χ1n) is 9.77. The molecule has 4 rings (SSSR count). The first-order valence-corrected chi connectivity index (χ1v) is 9.77. The van der Waals surface area contributed by atoms with Crippen LogP contribution in [0.15, 0.2) is 21.7 Å². The summed E-state index contributed by atoms with van der Waals surface area (Å²) in [5.74, 6) is 1.24. The Balaban J connectivity index is 1.55. The summed E-state index contributed by atoms with van der Waals surface area (Å²) in [5, 5.41) is 13.0. The molecule has 0 unspecified atom stereocenters. The summed E-state index contributed by atoms with van der Waals surface area (Å²) in [6.07, 6.45) is 1.70. The summed E-state index contributed by atoms with van der Waals surface area (Å²) in [7, 11) is 5.22. The quantitative estimate of drug-likeness (QED) is 0.783. The topological polar surface area (TPSA) is 99.2 Å². The van der Waals surface area contributed by atoms with E-state index in [1.54, 1.807) is 7.05 Å². The van der Waals surface area contributed by atoms with E-state index in [0.29, 0.717) is 23.7 Å². The first kappa shape index (κ1) is 19.2. The lowest BCUT2D eigenvalue weighted by Crippen LogP contribution is -2.40. The van der Waals surface area contributed by atoms with Crippen molar-refractivity contribution in [3.8, 4) is 6.07 Å². The third-order valence-electron chi connectivity index (χ3n) is 5.84. The van der Waals surface area contributed by atoms with Crippen molar-refractivity contribution in [3.63, 3.8) is 0 Å². The number of aromatic nitrogens is 3. The lowest BCUT2D eigenvalue weighted by Gasteiger charge is -2.26. The Kier molecular flexibility index (Phi) is 4.88. The number of anilines is 2. The Hall–Kier alpha value is -3.12. The first-order chi connectivity index (χ1) is 13.9. The number of fused-ring (bicyclic) bond motifs is 1. The van der Waals surface area contributed by atoms with Crippen molar-refractivity contribution in [2.75, 3.05) is 36.9 Å². The SMILES string of the molecule is CN1CCc2nc(N[C@@H]3CCN(c4cc(=O)n(C)c(=O)n4C)C3)c(C#N)cc2C1. The van der Waals surface area contributed by atoms with E-state index in [1.807, 2.05) is 11.0 Å². The average molecular weight is 395 g/mol. The Morgan fingerprint density at radius 3 is 2.72 bits per heavy atom. The zero-order valence-electron chi connectivity index (χ0n) is 17.0. The molecule has 9 nitrogen and oxygen atoms in total. The highest BCUT2D eigenvalue weighted by Gasteiger charge is 2.27.